The fraction of sp³-hybridized carbons (Fsp3) is 0.222. The van der Waals surface area contributed by atoms with Crippen LogP contribution in [-0.2, 0) is 10.0 Å². The number of hydrogen-bond donors (Lipinski definition) is 0. The first-order valence-corrected chi connectivity index (χ1v) is 13.4. The normalized spacial score (nSPS) is 15.3. The SMILES string of the molecule is Cc1c(/C=N/N2CCN(C)CC2)c2ccccc2n1S(=O)(=O)c1cc(Cl)ccc1-c1ccccc1. The predicted octanol–water partition coefficient (Wildman–Crippen LogP) is 5.09. The van der Waals surface area contributed by atoms with Gasteiger partial charge in [-0.05, 0) is 37.7 Å². The van der Waals surface area contributed by atoms with Gasteiger partial charge in [-0.25, -0.2) is 12.4 Å². The lowest BCUT2D eigenvalue weighted by molar-refractivity contribution is 0.159. The monoisotopic (exact) mass is 506 g/mol. The van der Waals surface area contributed by atoms with Crippen LogP contribution in [0.2, 0.25) is 5.02 Å². The third-order valence-electron chi connectivity index (χ3n) is 6.48. The zero-order valence-electron chi connectivity index (χ0n) is 19.7. The number of hydrazone groups is 1. The minimum atomic E-state index is -3.98. The van der Waals surface area contributed by atoms with Crippen molar-refractivity contribution in [1.29, 1.82) is 0 Å². The highest BCUT2D eigenvalue weighted by Crippen LogP contribution is 2.35. The maximum atomic E-state index is 14.2. The van der Waals surface area contributed by atoms with Gasteiger partial charge in [-0.1, -0.05) is 66.2 Å². The van der Waals surface area contributed by atoms with Crippen molar-refractivity contribution in [3.63, 3.8) is 0 Å². The Kier molecular flexibility index (Phi) is 6.40. The highest BCUT2D eigenvalue weighted by Gasteiger charge is 2.27. The summed E-state index contributed by atoms with van der Waals surface area (Å²) in [6.07, 6.45) is 1.80. The first-order chi connectivity index (χ1) is 16.9. The van der Waals surface area contributed by atoms with E-state index in [1.54, 1.807) is 18.3 Å². The van der Waals surface area contributed by atoms with Crippen LogP contribution in [0.5, 0.6) is 0 Å². The van der Waals surface area contributed by atoms with Crippen LogP contribution < -0.4 is 0 Å². The van der Waals surface area contributed by atoms with Crippen molar-refractivity contribution in [2.75, 3.05) is 33.2 Å². The van der Waals surface area contributed by atoms with Crippen LogP contribution in [0, 0.1) is 6.92 Å². The van der Waals surface area contributed by atoms with Gasteiger partial charge in [0.05, 0.1) is 16.6 Å². The Morgan fingerprint density at radius 3 is 2.34 bits per heavy atom. The fourth-order valence-electron chi connectivity index (χ4n) is 4.55. The molecule has 0 saturated carbocycles. The third kappa shape index (κ3) is 4.47. The van der Waals surface area contributed by atoms with E-state index in [4.69, 9.17) is 16.7 Å². The topological polar surface area (TPSA) is 57.9 Å². The average Bonchev–Trinajstić information content (AvgIpc) is 3.16. The molecular weight excluding hydrogens is 480 g/mol. The Balaban J connectivity index is 1.66. The number of likely N-dealkylation sites (N-methyl/N-ethyl adjacent to an activating group) is 1. The van der Waals surface area contributed by atoms with Crippen molar-refractivity contribution < 1.29 is 8.42 Å². The number of hydrogen-bond acceptors (Lipinski definition) is 5. The number of fused-ring (bicyclic) bond motifs is 1. The van der Waals surface area contributed by atoms with Crippen molar-refractivity contribution in [3.8, 4) is 11.1 Å². The Hall–Kier alpha value is -3.13. The second-order valence-electron chi connectivity index (χ2n) is 8.79. The molecule has 4 aromatic rings. The summed E-state index contributed by atoms with van der Waals surface area (Å²) in [6.45, 7) is 5.40. The number of piperazine rings is 1. The van der Waals surface area contributed by atoms with E-state index in [-0.39, 0.29) is 4.90 Å². The second kappa shape index (κ2) is 9.49. The number of para-hydroxylation sites is 1. The first kappa shape index (κ1) is 23.6. The van der Waals surface area contributed by atoms with Crippen LogP contribution in [0.3, 0.4) is 0 Å². The largest absolute Gasteiger partial charge is 0.303 e. The lowest BCUT2D eigenvalue weighted by Crippen LogP contribution is -2.41. The molecule has 2 heterocycles. The molecule has 0 spiro atoms. The van der Waals surface area contributed by atoms with Crippen molar-refractivity contribution in [2.24, 2.45) is 5.10 Å². The molecule has 1 aliphatic heterocycles. The molecule has 1 fully saturated rings. The first-order valence-electron chi connectivity index (χ1n) is 11.5. The number of benzene rings is 3. The number of halogens is 1. The Morgan fingerprint density at radius 1 is 0.914 bits per heavy atom. The molecule has 0 atom stereocenters. The van der Waals surface area contributed by atoms with Gasteiger partial charge in [0.15, 0.2) is 0 Å². The fourth-order valence-corrected chi connectivity index (χ4v) is 6.60. The molecule has 8 heteroatoms. The van der Waals surface area contributed by atoms with Crippen molar-refractivity contribution >= 4 is 38.7 Å². The van der Waals surface area contributed by atoms with Crippen LogP contribution in [-0.4, -0.2) is 61.7 Å². The van der Waals surface area contributed by atoms with E-state index in [1.807, 2.05) is 66.5 Å². The molecule has 0 aliphatic carbocycles. The maximum absolute atomic E-state index is 14.2. The van der Waals surface area contributed by atoms with Gasteiger partial charge in [-0.2, -0.15) is 5.10 Å². The molecule has 0 unspecified atom stereocenters. The van der Waals surface area contributed by atoms with Crippen LogP contribution in [0.4, 0.5) is 0 Å². The van der Waals surface area contributed by atoms with Gasteiger partial charge < -0.3 is 4.90 Å². The van der Waals surface area contributed by atoms with E-state index < -0.39 is 10.0 Å². The maximum Gasteiger partial charge on any atom is 0.269 e. The zero-order valence-corrected chi connectivity index (χ0v) is 21.3. The van der Waals surface area contributed by atoms with Crippen LogP contribution >= 0.6 is 11.6 Å². The molecule has 0 radical (unpaired) electrons. The Bertz CT molecular complexity index is 1510. The molecule has 1 saturated heterocycles. The molecule has 5 rings (SSSR count). The van der Waals surface area contributed by atoms with Crippen LogP contribution in [0.15, 0.2) is 82.8 Å². The van der Waals surface area contributed by atoms with E-state index in [1.165, 1.54) is 10.0 Å². The summed E-state index contributed by atoms with van der Waals surface area (Å²) < 4.78 is 29.9. The smallest absolute Gasteiger partial charge is 0.269 e. The van der Waals surface area contributed by atoms with Gasteiger partial charge in [-0.3, -0.25) is 5.01 Å². The quantitative estimate of drug-likeness (QED) is 0.354. The highest BCUT2D eigenvalue weighted by molar-refractivity contribution is 7.90. The Labute approximate surface area is 211 Å². The minimum absolute atomic E-state index is 0.169. The van der Waals surface area contributed by atoms with Gasteiger partial charge in [0, 0.05) is 53.4 Å². The molecule has 3 aromatic carbocycles. The van der Waals surface area contributed by atoms with E-state index >= 15 is 0 Å². The van der Waals surface area contributed by atoms with Gasteiger partial charge in [-0.15, -0.1) is 0 Å². The molecule has 0 amide bonds. The van der Waals surface area contributed by atoms with Crippen molar-refractivity contribution in [2.45, 2.75) is 11.8 Å². The standard InChI is InChI=1S/C27H27ClN4O2S/c1-20-25(19-29-31-16-14-30(2)15-17-31)24-10-6-7-11-26(24)32(20)35(33,34)27-18-22(28)12-13-23(27)21-8-4-3-5-9-21/h3-13,18-19H,14-17H2,1-2H3/b29-19+. The molecule has 0 bridgehead atoms. The number of aromatic nitrogens is 1. The van der Waals surface area contributed by atoms with Crippen molar-refractivity contribution in [1.82, 2.24) is 13.9 Å². The van der Waals surface area contributed by atoms with E-state index in [0.717, 1.165) is 42.7 Å². The summed E-state index contributed by atoms with van der Waals surface area (Å²) in [6, 6.07) is 22.1. The van der Waals surface area contributed by atoms with Crippen LogP contribution in [0.1, 0.15) is 11.3 Å². The third-order valence-corrected chi connectivity index (χ3v) is 8.56. The summed E-state index contributed by atoms with van der Waals surface area (Å²) in [5.74, 6) is 0. The summed E-state index contributed by atoms with van der Waals surface area (Å²) in [7, 11) is -1.88. The van der Waals surface area contributed by atoms with Crippen LogP contribution in [0.25, 0.3) is 22.0 Å². The zero-order chi connectivity index (χ0) is 24.6. The van der Waals surface area contributed by atoms with Gasteiger partial charge >= 0.3 is 0 Å². The summed E-state index contributed by atoms with van der Waals surface area (Å²) in [4.78, 5) is 2.44. The minimum Gasteiger partial charge on any atom is -0.303 e. The molecule has 0 N–H and O–H groups in total. The molecule has 35 heavy (non-hydrogen) atoms. The molecule has 6 nitrogen and oxygen atoms in total. The van der Waals surface area contributed by atoms with Gasteiger partial charge in [0.25, 0.3) is 10.0 Å². The van der Waals surface area contributed by atoms with E-state index in [9.17, 15) is 8.42 Å². The number of nitrogens with zero attached hydrogens (tertiary/aromatic N) is 4. The summed E-state index contributed by atoms with van der Waals surface area (Å²) in [5.41, 5.74) is 3.45. The summed E-state index contributed by atoms with van der Waals surface area (Å²) in [5, 5.41) is 7.94. The summed E-state index contributed by atoms with van der Waals surface area (Å²) >= 11 is 6.30. The molecule has 180 valence electrons. The lowest BCUT2D eigenvalue weighted by Gasteiger charge is -2.30. The van der Waals surface area contributed by atoms with Gasteiger partial charge in [0.2, 0.25) is 0 Å². The molecule has 1 aliphatic rings. The highest BCUT2D eigenvalue weighted by atomic mass is 35.5. The number of rotatable bonds is 5. The van der Waals surface area contributed by atoms with Gasteiger partial charge in [0.1, 0.15) is 0 Å². The predicted molar refractivity (Wildman–Crippen MR) is 143 cm³/mol. The van der Waals surface area contributed by atoms with Crippen molar-refractivity contribution in [3.05, 3.63) is 89.1 Å². The average molecular weight is 507 g/mol. The molecule has 1 aromatic heterocycles. The lowest BCUT2D eigenvalue weighted by atomic mass is 10.1. The second-order valence-corrected chi connectivity index (χ2v) is 11.0. The van der Waals surface area contributed by atoms with E-state index in [0.29, 0.717) is 21.8 Å². The van der Waals surface area contributed by atoms with E-state index in [2.05, 4.69) is 11.9 Å². The Morgan fingerprint density at radius 2 is 1.60 bits per heavy atom. The molecular formula is C27H27ClN4O2S.